The molecule has 0 fully saturated rings. The molecule has 0 N–H and O–H groups in total. The van der Waals surface area contributed by atoms with Crippen LogP contribution in [-0.4, -0.2) is 29.2 Å². The third-order valence-electron chi connectivity index (χ3n) is 3.89. The Bertz CT molecular complexity index is 808. The molecular weight excluding hydrogens is 307 g/mol. The highest BCUT2D eigenvalue weighted by Gasteiger charge is 2.37. The first-order valence-corrected chi connectivity index (χ1v) is 8.45. The normalized spacial score (nSPS) is 18.4. The molecule has 22 heavy (non-hydrogen) atoms. The molecule has 1 aromatic carbocycles. The van der Waals surface area contributed by atoms with E-state index in [4.69, 9.17) is 0 Å². The smallest absolute Gasteiger partial charge is 0.231 e. The van der Waals surface area contributed by atoms with Crippen molar-refractivity contribution in [2.45, 2.75) is 44.7 Å². The molecule has 2 heterocycles. The number of anilines is 1. The maximum absolute atomic E-state index is 13.5. The lowest BCUT2D eigenvalue weighted by Crippen LogP contribution is -2.44. The van der Waals surface area contributed by atoms with Crippen molar-refractivity contribution < 1.29 is 12.8 Å². The van der Waals surface area contributed by atoms with Crippen molar-refractivity contribution in [3.63, 3.8) is 0 Å². The molecule has 6 nitrogen and oxygen atoms in total. The molecule has 8 heteroatoms. The molecular formula is C14H17FN4O2S. The molecule has 2 aromatic rings. The first-order valence-electron chi connectivity index (χ1n) is 7.01. The van der Waals surface area contributed by atoms with Crippen LogP contribution < -0.4 is 4.31 Å². The molecule has 118 valence electrons. The zero-order valence-corrected chi connectivity index (χ0v) is 13.4. The van der Waals surface area contributed by atoms with Gasteiger partial charge in [-0.05, 0) is 50.5 Å². The van der Waals surface area contributed by atoms with Gasteiger partial charge in [0.25, 0.3) is 10.0 Å². The molecule has 3 rings (SSSR count). The van der Waals surface area contributed by atoms with E-state index in [1.54, 1.807) is 18.5 Å². The largest absolute Gasteiger partial charge is 0.267 e. The van der Waals surface area contributed by atoms with E-state index in [2.05, 4.69) is 10.1 Å². The van der Waals surface area contributed by atoms with E-state index in [1.807, 2.05) is 6.92 Å². The Labute approximate surface area is 128 Å². The van der Waals surface area contributed by atoms with Gasteiger partial charge in [0, 0.05) is 12.6 Å². The maximum atomic E-state index is 13.5. The summed E-state index contributed by atoms with van der Waals surface area (Å²) in [5.41, 5.74) is 0.780. The van der Waals surface area contributed by atoms with E-state index in [9.17, 15) is 12.8 Å². The molecule has 1 atom stereocenters. The molecule has 1 aromatic heterocycles. The van der Waals surface area contributed by atoms with E-state index in [1.165, 1.54) is 22.8 Å². The van der Waals surface area contributed by atoms with Crippen LogP contribution in [0.1, 0.15) is 24.5 Å². The van der Waals surface area contributed by atoms with Crippen molar-refractivity contribution in [3.8, 4) is 0 Å². The summed E-state index contributed by atoms with van der Waals surface area (Å²) in [4.78, 5) is 4.22. The van der Waals surface area contributed by atoms with Gasteiger partial charge in [-0.1, -0.05) is 0 Å². The van der Waals surface area contributed by atoms with Gasteiger partial charge in [0.05, 0.1) is 4.90 Å². The molecule has 0 amide bonds. The summed E-state index contributed by atoms with van der Waals surface area (Å²) in [6, 6.07) is 2.24. The Morgan fingerprint density at radius 2 is 1.91 bits per heavy atom. The number of fused-ring (bicyclic) bond motifs is 1. The van der Waals surface area contributed by atoms with Crippen LogP contribution in [0.5, 0.6) is 0 Å². The van der Waals surface area contributed by atoms with Gasteiger partial charge in [0.2, 0.25) is 5.95 Å². The van der Waals surface area contributed by atoms with Crippen molar-refractivity contribution in [2.75, 3.05) is 4.31 Å². The van der Waals surface area contributed by atoms with Gasteiger partial charge in [-0.15, -0.1) is 0 Å². The first kappa shape index (κ1) is 15.0. The number of rotatable bonds is 2. The number of hydrogen-bond acceptors (Lipinski definition) is 4. The van der Waals surface area contributed by atoms with Crippen LogP contribution >= 0.6 is 0 Å². The molecule has 1 unspecified atom stereocenters. The van der Waals surface area contributed by atoms with Crippen molar-refractivity contribution in [1.82, 2.24) is 14.8 Å². The number of hydrogen-bond donors (Lipinski definition) is 0. The second kappa shape index (κ2) is 5.05. The Hall–Kier alpha value is -1.96. The van der Waals surface area contributed by atoms with E-state index in [0.29, 0.717) is 30.0 Å². The van der Waals surface area contributed by atoms with Crippen molar-refractivity contribution in [3.05, 3.63) is 35.4 Å². The van der Waals surface area contributed by atoms with Gasteiger partial charge in [-0.25, -0.2) is 21.8 Å². The Balaban J connectivity index is 2.20. The van der Waals surface area contributed by atoms with Gasteiger partial charge in [0.1, 0.15) is 12.1 Å². The fourth-order valence-corrected chi connectivity index (χ4v) is 5.02. The van der Waals surface area contributed by atoms with Crippen molar-refractivity contribution in [1.29, 1.82) is 0 Å². The van der Waals surface area contributed by atoms with E-state index in [0.717, 1.165) is 0 Å². The number of halogens is 1. The zero-order valence-electron chi connectivity index (χ0n) is 12.6. The van der Waals surface area contributed by atoms with Crippen LogP contribution in [0.15, 0.2) is 23.4 Å². The zero-order chi connectivity index (χ0) is 16.1. The minimum atomic E-state index is -3.83. The Kier molecular flexibility index (Phi) is 3.43. The van der Waals surface area contributed by atoms with Crippen molar-refractivity contribution in [2.24, 2.45) is 0 Å². The topological polar surface area (TPSA) is 68.1 Å². The van der Waals surface area contributed by atoms with Crippen LogP contribution in [0.3, 0.4) is 0 Å². The number of sulfonamides is 1. The van der Waals surface area contributed by atoms with E-state index in [-0.39, 0.29) is 10.9 Å². The van der Waals surface area contributed by atoms with E-state index < -0.39 is 15.8 Å². The molecule has 0 aliphatic carbocycles. The number of nitrogens with zero attached hydrogens (tertiary/aromatic N) is 4. The van der Waals surface area contributed by atoms with Crippen LogP contribution in [0.25, 0.3) is 0 Å². The Morgan fingerprint density at radius 3 is 2.55 bits per heavy atom. The third-order valence-corrected chi connectivity index (χ3v) is 6.09. The van der Waals surface area contributed by atoms with Gasteiger partial charge >= 0.3 is 0 Å². The van der Waals surface area contributed by atoms with Gasteiger partial charge in [-0.3, -0.25) is 0 Å². The van der Waals surface area contributed by atoms with Crippen LogP contribution in [0, 0.1) is 19.7 Å². The molecule has 1 aliphatic heterocycles. The molecule has 0 saturated heterocycles. The summed E-state index contributed by atoms with van der Waals surface area (Å²) in [7, 11) is -3.83. The van der Waals surface area contributed by atoms with Gasteiger partial charge in [0.15, 0.2) is 0 Å². The predicted molar refractivity (Wildman–Crippen MR) is 79.6 cm³/mol. The number of aryl methyl sites for hydroxylation is 3. The summed E-state index contributed by atoms with van der Waals surface area (Å²) in [6.07, 6.45) is 2.00. The second-order valence-corrected chi connectivity index (χ2v) is 7.34. The summed E-state index contributed by atoms with van der Waals surface area (Å²) in [6.45, 7) is 5.67. The van der Waals surface area contributed by atoms with Crippen LogP contribution in [-0.2, 0) is 16.6 Å². The average Bonchev–Trinajstić information content (AvgIpc) is 2.84. The number of aromatic nitrogens is 3. The van der Waals surface area contributed by atoms with Crippen LogP contribution in [0.2, 0.25) is 0 Å². The van der Waals surface area contributed by atoms with E-state index >= 15 is 0 Å². The monoisotopic (exact) mass is 324 g/mol. The Morgan fingerprint density at radius 1 is 1.27 bits per heavy atom. The minimum absolute atomic E-state index is 0.136. The first-order chi connectivity index (χ1) is 10.3. The molecule has 0 bridgehead atoms. The average molecular weight is 324 g/mol. The molecule has 1 aliphatic rings. The highest BCUT2D eigenvalue weighted by Crippen LogP contribution is 2.32. The standard InChI is InChI=1S/C14H17FN4O2S/c1-9-6-12(15)7-10(2)13(9)22(20,21)19-11(3)4-5-18-14(19)16-8-17-18/h6-8,11H,4-5H2,1-3H3. The highest BCUT2D eigenvalue weighted by atomic mass is 32.2. The molecule has 0 radical (unpaired) electrons. The lowest BCUT2D eigenvalue weighted by molar-refractivity contribution is 0.473. The maximum Gasteiger partial charge on any atom is 0.267 e. The fraction of sp³-hybridized carbons (Fsp3) is 0.429. The van der Waals surface area contributed by atoms with Gasteiger partial charge < -0.3 is 0 Å². The predicted octanol–water partition coefficient (Wildman–Crippen LogP) is 2.02. The minimum Gasteiger partial charge on any atom is -0.231 e. The summed E-state index contributed by atoms with van der Waals surface area (Å²) in [5.74, 6) is -0.134. The van der Waals surface area contributed by atoms with Crippen molar-refractivity contribution >= 4 is 16.0 Å². The fourth-order valence-electron chi connectivity index (χ4n) is 2.96. The molecule has 0 saturated carbocycles. The van der Waals surface area contributed by atoms with Crippen LogP contribution in [0.4, 0.5) is 10.3 Å². The second-order valence-electron chi connectivity index (χ2n) is 5.59. The summed E-state index contributed by atoms with van der Waals surface area (Å²) in [5, 5.41) is 4.05. The SMILES string of the molecule is Cc1cc(F)cc(C)c1S(=O)(=O)N1c2ncnn2CCC1C. The summed E-state index contributed by atoms with van der Waals surface area (Å²) < 4.78 is 42.6. The quantitative estimate of drug-likeness (QED) is 0.847. The number of benzene rings is 1. The summed E-state index contributed by atoms with van der Waals surface area (Å²) >= 11 is 0. The lowest BCUT2D eigenvalue weighted by Gasteiger charge is -2.33. The third kappa shape index (κ3) is 2.18. The highest BCUT2D eigenvalue weighted by molar-refractivity contribution is 7.93. The lowest BCUT2D eigenvalue weighted by atomic mass is 10.1. The molecule has 0 spiro atoms. The van der Waals surface area contributed by atoms with Gasteiger partial charge in [-0.2, -0.15) is 10.1 Å².